The zero-order valence-corrected chi connectivity index (χ0v) is 14.8. The van der Waals surface area contributed by atoms with Crippen LogP contribution in [-0.4, -0.2) is 25.6 Å². The average Bonchev–Trinajstić information content (AvgIpc) is 2.41. The summed E-state index contributed by atoms with van der Waals surface area (Å²) in [4.78, 5) is 16.0. The second-order valence-corrected chi connectivity index (χ2v) is 7.97. The fourth-order valence-corrected chi connectivity index (χ4v) is 2.89. The molecule has 1 N–H and O–H groups in total. The molecule has 0 aliphatic rings. The highest BCUT2D eigenvalue weighted by Gasteiger charge is 2.12. The summed E-state index contributed by atoms with van der Waals surface area (Å²) in [6, 6.07) is 8.08. The molecule has 5 nitrogen and oxygen atoms in total. The van der Waals surface area contributed by atoms with Gasteiger partial charge in [-0.15, -0.1) is 0 Å². The van der Waals surface area contributed by atoms with E-state index in [2.05, 4.69) is 42.2 Å². The molecule has 0 fully saturated rings. The maximum Gasteiger partial charge on any atom is 0.256 e. The first kappa shape index (κ1) is 16.1. The third-order valence-electron chi connectivity index (χ3n) is 2.55. The van der Waals surface area contributed by atoms with Crippen LogP contribution in [0.4, 0.5) is 5.69 Å². The van der Waals surface area contributed by atoms with E-state index in [-0.39, 0.29) is 10.9 Å². The molecule has 0 radical (unpaired) electrons. The number of halogens is 2. The molecule has 21 heavy (non-hydrogen) atoms. The zero-order chi connectivity index (χ0) is 15.6. The first-order valence-corrected chi connectivity index (χ1v) is 9.17. The number of rotatable bonds is 3. The number of amides is 1. The maximum atomic E-state index is 12.2. The highest BCUT2D eigenvalue weighted by atomic mass is 79.9. The van der Waals surface area contributed by atoms with Crippen molar-refractivity contribution >= 4 is 53.3 Å². The fourth-order valence-electron chi connectivity index (χ4n) is 1.54. The molecule has 1 aromatic heterocycles. The van der Waals surface area contributed by atoms with Crippen LogP contribution >= 0.6 is 31.9 Å². The summed E-state index contributed by atoms with van der Waals surface area (Å²) < 4.78 is 24.1. The third kappa shape index (κ3) is 4.12. The van der Waals surface area contributed by atoms with Gasteiger partial charge in [0.15, 0.2) is 14.9 Å². The van der Waals surface area contributed by atoms with E-state index in [1.54, 1.807) is 12.1 Å². The zero-order valence-electron chi connectivity index (χ0n) is 10.8. The number of nitrogens with zero attached hydrogens (tertiary/aromatic N) is 1. The molecule has 0 saturated heterocycles. The van der Waals surface area contributed by atoms with Crippen molar-refractivity contribution in [1.82, 2.24) is 4.98 Å². The second-order valence-electron chi connectivity index (χ2n) is 4.24. The van der Waals surface area contributed by atoms with E-state index in [0.717, 1.165) is 10.7 Å². The molecule has 0 aliphatic carbocycles. The molecule has 0 aliphatic heterocycles. The van der Waals surface area contributed by atoms with Gasteiger partial charge in [0, 0.05) is 15.2 Å². The van der Waals surface area contributed by atoms with Gasteiger partial charge in [0.1, 0.15) is 0 Å². The molecular formula is C13H10Br2N2O3S. The lowest BCUT2D eigenvalue weighted by atomic mass is 10.2. The largest absolute Gasteiger partial charge is 0.321 e. The van der Waals surface area contributed by atoms with Crippen LogP contribution in [0, 0.1) is 0 Å². The van der Waals surface area contributed by atoms with Crippen molar-refractivity contribution in [1.29, 1.82) is 0 Å². The van der Waals surface area contributed by atoms with Crippen LogP contribution in [0.15, 0.2) is 50.5 Å². The topological polar surface area (TPSA) is 76.1 Å². The molecule has 1 aromatic carbocycles. The Kier molecular flexibility index (Phi) is 4.80. The van der Waals surface area contributed by atoms with Crippen molar-refractivity contribution in [2.24, 2.45) is 0 Å². The Morgan fingerprint density at radius 1 is 1.19 bits per heavy atom. The van der Waals surface area contributed by atoms with E-state index in [4.69, 9.17) is 0 Å². The Bertz CT molecular complexity index is 790. The lowest BCUT2D eigenvalue weighted by molar-refractivity contribution is 0.102. The summed E-state index contributed by atoms with van der Waals surface area (Å²) in [5.41, 5.74) is 0.871. The van der Waals surface area contributed by atoms with Gasteiger partial charge in [-0.3, -0.25) is 4.79 Å². The molecule has 1 amide bonds. The molecule has 0 atom stereocenters. The monoisotopic (exact) mass is 432 g/mol. The third-order valence-corrected chi connectivity index (χ3v) is 4.73. The van der Waals surface area contributed by atoms with Crippen molar-refractivity contribution < 1.29 is 13.2 Å². The number of pyridine rings is 1. The molecule has 110 valence electrons. The predicted octanol–water partition coefficient (Wildman–Crippen LogP) is 3.26. The summed E-state index contributed by atoms with van der Waals surface area (Å²) in [5.74, 6) is -0.322. The average molecular weight is 434 g/mol. The van der Waals surface area contributed by atoms with Crippen LogP contribution < -0.4 is 5.32 Å². The van der Waals surface area contributed by atoms with Crippen molar-refractivity contribution in [3.63, 3.8) is 0 Å². The van der Waals surface area contributed by atoms with E-state index in [1.165, 1.54) is 18.3 Å². The Balaban J connectivity index is 2.22. The summed E-state index contributed by atoms with van der Waals surface area (Å²) >= 11 is 6.61. The van der Waals surface area contributed by atoms with Crippen molar-refractivity contribution in [2.75, 3.05) is 11.6 Å². The van der Waals surface area contributed by atoms with Crippen molar-refractivity contribution in [2.45, 2.75) is 5.03 Å². The first-order valence-electron chi connectivity index (χ1n) is 5.70. The lowest BCUT2D eigenvalue weighted by Crippen LogP contribution is -2.13. The summed E-state index contributed by atoms with van der Waals surface area (Å²) in [6.07, 6.45) is 2.38. The Labute approximate surface area is 139 Å². The normalized spacial score (nSPS) is 11.2. The molecule has 0 unspecified atom stereocenters. The Hall–Kier alpha value is -1.25. The van der Waals surface area contributed by atoms with Gasteiger partial charge < -0.3 is 5.32 Å². The number of benzene rings is 1. The van der Waals surface area contributed by atoms with Crippen LogP contribution in [0.5, 0.6) is 0 Å². The summed E-state index contributed by atoms with van der Waals surface area (Å²) in [7, 11) is -3.35. The van der Waals surface area contributed by atoms with E-state index < -0.39 is 9.84 Å². The SMILES string of the molecule is CS(=O)(=O)c1ccc(NC(=O)c2cc(Br)ccc2Br)cn1. The number of carbonyl (C=O) groups is 1. The van der Waals surface area contributed by atoms with Gasteiger partial charge in [-0.05, 0) is 46.3 Å². The van der Waals surface area contributed by atoms with E-state index in [1.807, 2.05) is 6.07 Å². The minimum Gasteiger partial charge on any atom is -0.321 e. The smallest absolute Gasteiger partial charge is 0.256 e. The first-order chi connectivity index (χ1) is 9.77. The summed E-state index contributed by atoms with van der Waals surface area (Å²) in [6.45, 7) is 0. The molecule has 0 saturated carbocycles. The Morgan fingerprint density at radius 2 is 1.90 bits per heavy atom. The minimum atomic E-state index is -3.35. The van der Waals surface area contributed by atoms with Gasteiger partial charge in [0.2, 0.25) is 0 Å². The second kappa shape index (κ2) is 6.25. The van der Waals surface area contributed by atoms with Gasteiger partial charge in [-0.1, -0.05) is 15.9 Å². The quantitative estimate of drug-likeness (QED) is 0.805. The van der Waals surface area contributed by atoms with E-state index >= 15 is 0 Å². The van der Waals surface area contributed by atoms with Crippen LogP contribution in [0.2, 0.25) is 0 Å². The van der Waals surface area contributed by atoms with E-state index in [9.17, 15) is 13.2 Å². The minimum absolute atomic E-state index is 0.0378. The van der Waals surface area contributed by atoms with Crippen LogP contribution in [0.25, 0.3) is 0 Å². The standard InChI is InChI=1S/C13H10Br2N2O3S/c1-21(19,20)12-5-3-9(7-16-12)17-13(18)10-6-8(14)2-4-11(10)15/h2-7H,1H3,(H,17,18). The van der Waals surface area contributed by atoms with Gasteiger partial charge >= 0.3 is 0 Å². The van der Waals surface area contributed by atoms with Crippen LogP contribution in [0.1, 0.15) is 10.4 Å². The molecule has 0 bridgehead atoms. The Morgan fingerprint density at radius 3 is 2.48 bits per heavy atom. The highest BCUT2D eigenvalue weighted by molar-refractivity contribution is 9.11. The lowest BCUT2D eigenvalue weighted by Gasteiger charge is -2.07. The van der Waals surface area contributed by atoms with Crippen molar-refractivity contribution in [3.05, 3.63) is 51.0 Å². The number of sulfone groups is 1. The van der Waals surface area contributed by atoms with Gasteiger partial charge in [-0.2, -0.15) is 0 Å². The number of aromatic nitrogens is 1. The van der Waals surface area contributed by atoms with Gasteiger partial charge in [0.05, 0.1) is 17.4 Å². The maximum absolute atomic E-state index is 12.2. The van der Waals surface area contributed by atoms with Gasteiger partial charge in [0.25, 0.3) is 5.91 Å². The van der Waals surface area contributed by atoms with Crippen LogP contribution in [0.3, 0.4) is 0 Å². The number of carbonyl (C=O) groups excluding carboxylic acids is 1. The number of hydrogen-bond donors (Lipinski definition) is 1. The number of nitrogens with one attached hydrogen (secondary N) is 1. The highest BCUT2D eigenvalue weighted by Crippen LogP contribution is 2.22. The molecule has 1 heterocycles. The van der Waals surface area contributed by atoms with E-state index in [0.29, 0.717) is 15.7 Å². The molecular weight excluding hydrogens is 424 g/mol. The van der Waals surface area contributed by atoms with Crippen molar-refractivity contribution in [3.8, 4) is 0 Å². The van der Waals surface area contributed by atoms with Gasteiger partial charge in [-0.25, -0.2) is 13.4 Å². The fraction of sp³-hybridized carbons (Fsp3) is 0.0769. The number of hydrogen-bond acceptors (Lipinski definition) is 4. The molecule has 0 spiro atoms. The molecule has 8 heteroatoms. The summed E-state index contributed by atoms with van der Waals surface area (Å²) in [5, 5.41) is 2.62. The molecule has 2 aromatic rings. The van der Waals surface area contributed by atoms with Crippen LogP contribution in [-0.2, 0) is 9.84 Å². The predicted molar refractivity (Wildman–Crippen MR) is 87.1 cm³/mol. The molecule has 2 rings (SSSR count). The number of anilines is 1.